The second kappa shape index (κ2) is 5.89. The summed E-state index contributed by atoms with van der Waals surface area (Å²) in [4.78, 5) is 13.0. The molecule has 1 aromatic carbocycles. The number of nitrogens with zero attached hydrogens (tertiary/aromatic N) is 1. The van der Waals surface area contributed by atoms with Crippen molar-refractivity contribution in [2.45, 2.75) is 34.2 Å². The number of carbonyl (C=O) groups excluding carboxylic acids is 1. The summed E-state index contributed by atoms with van der Waals surface area (Å²) in [6.07, 6.45) is 0. The van der Waals surface area contributed by atoms with Crippen molar-refractivity contribution in [3.8, 4) is 0 Å². The van der Waals surface area contributed by atoms with E-state index in [4.69, 9.17) is 0 Å². The van der Waals surface area contributed by atoms with Gasteiger partial charge in [0.25, 0.3) is 0 Å². The van der Waals surface area contributed by atoms with E-state index in [-0.39, 0.29) is 11.3 Å². The highest BCUT2D eigenvalue weighted by Crippen LogP contribution is 2.20. The first kappa shape index (κ1) is 14.6. The maximum atomic E-state index is 11.3. The van der Waals surface area contributed by atoms with Gasteiger partial charge in [0.2, 0.25) is 5.91 Å². The molecule has 0 saturated carbocycles. The Hall–Kier alpha value is -1.51. The molecule has 0 aromatic heterocycles. The van der Waals surface area contributed by atoms with Crippen molar-refractivity contribution in [3.63, 3.8) is 0 Å². The van der Waals surface area contributed by atoms with Gasteiger partial charge >= 0.3 is 0 Å². The lowest BCUT2D eigenvalue weighted by atomic mass is 9.96. The summed E-state index contributed by atoms with van der Waals surface area (Å²) in [5, 5.41) is 3.46. The van der Waals surface area contributed by atoms with E-state index in [0.717, 1.165) is 17.8 Å². The fraction of sp³-hybridized carbons (Fsp3) is 0.533. The molecule has 0 unspecified atom stereocenters. The molecule has 0 aliphatic rings. The topological polar surface area (TPSA) is 32.3 Å². The molecule has 0 bridgehead atoms. The molecule has 0 spiro atoms. The maximum absolute atomic E-state index is 11.3. The summed E-state index contributed by atoms with van der Waals surface area (Å²) in [5.41, 5.74) is 2.50. The van der Waals surface area contributed by atoms with E-state index in [1.807, 2.05) is 19.2 Å². The zero-order valence-electron chi connectivity index (χ0n) is 12.1. The van der Waals surface area contributed by atoms with E-state index in [0.29, 0.717) is 6.54 Å². The van der Waals surface area contributed by atoms with Crippen LogP contribution in [0.1, 0.15) is 33.3 Å². The van der Waals surface area contributed by atoms with Gasteiger partial charge in [-0.2, -0.15) is 0 Å². The Kier molecular flexibility index (Phi) is 4.76. The SMILES string of the molecule is CC(=O)N(C)Cc1ccccc1NCC(C)(C)C. The molecule has 3 heteroatoms. The lowest BCUT2D eigenvalue weighted by Crippen LogP contribution is -2.24. The van der Waals surface area contributed by atoms with Gasteiger partial charge in [-0.15, -0.1) is 0 Å². The molecule has 3 nitrogen and oxygen atoms in total. The summed E-state index contributed by atoms with van der Waals surface area (Å²) >= 11 is 0. The molecule has 0 heterocycles. The molecule has 1 aromatic rings. The average Bonchev–Trinajstić information content (AvgIpc) is 2.26. The Morgan fingerprint density at radius 1 is 1.28 bits per heavy atom. The Morgan fingerprint density at radius 3 is 2.44 bits per heavy atom. The minimum absolute atomic E-state index is 0.0839. The van der Waals surface area contributed by atoms with Crippen LogP contribution in [0.25, 0.3) is 0 Å². The van der Waals surface area contributed by atoms with Crippen LogP contribution >= 0.6 is 0 Å². The Balaban J connectivity index is 2.76. The molecule has 0 aliphatic carbocycles. The lowest BCUT2D eigenvalue weighted by molar-refractivity contribution is -0.128. The van der Waals surface area contributed by atoms with Crippen LogP contribution in [-0.4, -0.2) is 24.4 Å². The normalized spacial score (nSPS) is 11.2. The van der Waals surface area contributed by atoms with E-state index in [1.54, 1.807) is 11.8 Å². The number of hydrogen-bond donors (Lipinski definition) is 1. The average molecular weight is 248 g/mol. The number of benzene rings is 1. The second-order valence-corrected chi connectivity index (χ2v) is 5.95. The predicted molar refractivity (Wildman–Crippen MR) is 76.5 cm³/mol. The maximum Gasteiger partial charge on any atom is 0.219 e. The third-order valence-electron chi connectivity index (χ3n) is 2.77. The highest BCUT2D eigenvalue weighted by atomic mass is 16.2. The molecule has 0 fully saturated rings. The van der Waals surface area contributed by atoms with E-state index in [1.165, 1.54) is 0 Å². The molecule has 1 N–H and O–H groups in total. The van der Waals surface area contributed by atoms with Gasteiger partial charge in [-0.25, -0.2) is 0 Å². The highest BCUT2D eigenvalue weighted by Gasteiger charge is 2.12. The van der Waals surface area contributed by atoms with E-state index in [9.17, 15) is 4.79 Å². The third-order valence-corrected chi connectivity index (χ3v) is 2.77. The summed E-state index contributed by atoms with van der Waals surface area (Å²) in [6, 6.07) is 8.15. The number of nitrogens with one attached hydrogen (secondary N) is 1. The lowest BCUT2D eigenvalue weighted by Gasteiger charge is -2.22. The minimum atomic E-state index is 0.0839. The van der Waals surface area contributed by atoms with Crippen molar-refractivity contribution in [1.82, 2.24) is 4.90 Å². The summed E-state index contributed by atoms with van der Waals surface area (Å²) < 4.78 is 0. The second-order valence-electron chi connectivity index (χ2n) is 5.95. The summed E-state index contributed by atoms with van der Waals surface area (Å²) in [7, 11) is 1.82. The molecular formula is C15H24N2O. The smallest absolute Gasteiger partial charge is 0.219 e. The van der Waals surface area contributed by atoms with Crippen LogP contribution in [0.4, 0.5) is 5.69 Å². The van der Waals surface area contributed by atoms with Gasteiger partial charge in [0.15, 0.2) is 0 Å². The molecular weight excluding hydrogens is 224 g/mol. The summed E-state index contributed by atoms with van der Waals surface area (Å²) in [6.45, 7) is 9.74. The van der Waals surface area contributed by atoms with E-state index < -0.39 is 0 Å². The van der Waals surface area contributed by atoms with Crippen LogP contribution in [0.3, 0.4) is 0 Å². The van der Waals surface area contributed by atoms with Gasteiger partial charge < -0.3 is 10.2 Å². The summed E-state index contributed by atoms with van der Waals surface area (Å²) in [5.74, 6) is 0.0839. The van der Waals surface area contributed by atoms with Crippen molar-refractivity contribution in [2.24, 2.45) is 5.41 Å². The molecule has 1 rings (SSSR count). The number of rotatable bonds is 4. The molecule has 0 aliphatic heterocycles. The molecule has 0 atom stereocenters. The highest BCUT2D eigenvalue weighted by molar-refractivity contribution is 5.73. The molecule has 100 valence electrons. The predicted octanol–water partition coefficient (Wildman–Crippen LogP) is 3.12. The minimum Gasteiger partial charge on any atom is -0.384 e. The van der Waals surface area contributed by atoms with Gasteiger partial charge in [-0.1, -0.05) is 39.0 Å². The van der Waals surface area contributed by atoms with Gasteiger partial charge in [-0.05, 0) is 17.0 Å². The quantitative estimate of drug-likeness (QED) is 0.888. The first-order valence-corrected chi connectivity index (χ1v) is 6.33. The molecule has 18 heavy (non-hydrogen) atoms. The van der Waals surface area contributed by atoms with E-state index >= 15 is 0 Å². The third kappa shape index (κ3) is 4.78. The first-order valence-electron chi connectivity index (χ1n) is 6.33. The largest absolute Gasteiger partial charge is 0.384 e. The van der Waals surface area contributed by atoms with Crippen LogP contribution in [0.2, 0.25) is 0 Å². The standard InChI is InChI=1S/C15H24N2O/c1-12(18)17(5)10-13-8-6-7-9-14(13)16-11-15(2,3)4/h6-9,16H,10-11H2,1-5H3. The van der Waals surface area contributed by atoms with Gasteiger partial charge in [0.05, 0.1) is 0 Å². The zero-order valence-corrected chi connectivity index (χ0v) is 12.1. The zero-order chi connectivity index (χ0) is 13.8. The van der Waals surface area contributed by atoms with Crippen molar-refractivity contribution >= 4 is 11.6 Å². The monoisotopic (exact) mass is 248 g/mol. The number of hydrogen-bond acceptors (Lipinski definition) is 2. The first-order chi connectivity index (χ1) is 8.29. The Morgan fingerprint density at radius 2 is 1.89 bits per heavy atom. The van der Waals surface area contributed by atoms with Crippen LogP contribution in [0, 0.1) is 5.41 Å². The number of carbonyl (C=O) groups is 1. The van der Waals surface area contributed by atoms with Crippen LogP contribution in [0.15, 0.2) is 24.3 Å². The van der Waals surface area contributed by atoms with Crippen LogP contribution in [-0.2, 0) is 11.3 Å². The van der Waals surface area contributed by atoms with Crippen LogP contribution < -0.4 is 5.32 Å². The molecule has 0 radical (unpaired) electrons. The number of para-hydroxylation sites is 1. The number of amides is 1. The van der Waals surface area contributed by atoms with Crippen molar-refractivity contribution in [3.05, 3.63) is 29.8 Å². The van der Waals surface area contributed by atoms with Gasteiger partial charge in [-0.3, -0.25) is 4.79 Å². The van der Waals surface area contributed by atoms with Gasteiger partial charge in [0, 0.05) is 32.7 Å². The van der Waals surface area contributed by atoms with Crippen LogP contribution in [0.5, 0.6) is 0 Å². The fourth-order valence-corrected chi connectivity index (χ4v) is 1.56. The molecule has 1 amide bonds. The van der Waals surface area contributed by atoms with Crippen molar-refractivity contribution in [1.29, 1.82) is 0 Å². The Bertz CT molecular complexity index is 407. The fourth-order valence-electron chi connectivity index (χ4n) is 1.56. The van der Waals surface area contributed by atoms with E-state index in [2.05, 4.69) is 38.2 Å². The Labute approximate surface area is 110 Å². The van der Waals surface area contributed by atoms with Crippen molar-refractivity contribution < 1.29 is 4.79 Å². The van der Waals surface area contributed by atoms with Crippen molar-refractivity contribution in [2.75, 3.05) is 18.9 Å². The van der Waals surface area contributed by atoms with Gasteiger partial charge in [0.1, 0.15) is 0 Å². The number of anilines is 1. The molecule has 0 saturated heterocycles.